The largest absolute Gasteiger partial charge is 0.385 e. The molecule has 96 valence electrons. The van der Waals surface area contributed by atoms with Crippen molar-refractivity contribution in [3.05, 3.63) is 59.4 Å². The van der Waals surface area contributed by atoms with Crippen LogP contribution in [0.1, 0.15) is 0 Å². The van der Waals surface area contributed by atoms with Gasteiger partial charge in [0.05, 0.1) is 6.33 Å². The highest BCUT2D eigenvalue weighted by molar-refractivity contribution is 5.83. The summed E-state index contributed by atoms with van der Waals surface area (Å²) in [5.41, 5.74) is 5.92. The number of rotatable bonds is 3. The maximum atomic E-state index is 12.4. The van der Waals surface area contributed by atoms with Gasteiger partial charge in [-0.3, -0.25) is 9.36 Å². The number of aryl methyl sites for hydroxylation is 1. The number of hydrogen-bond donors (Lipinski definition) is 1. The molecule has 5 nitrogen and oxygen atoms in total. The molecule has 0 aliphatic rings. The number of pyridine rings is 1. The van der Waals surface area contributed by atoms with Gasteiger partial charge in [0.1, 0.15) is 5.82 Å². The second-order valence-corrected chi connectivity index (χ2v) is 4.41. The Kier molecular flexibility index (Phi) is 2.79. The summed E-state index contributed by atoms with van der Waals surface area (Å²) < 4.78 is 3.52. The molecule has 0 amide bonds. The molecule has 0 saturated heterocycles. The third kappa shape index (κ3) is 2.10. The zero-order chi connectivity index (χ0) is 13.2. The molecular formula is C14H14N4O. The Hall–Kier alpha value is -2.56. The Morgan fingerprint density at radius 2 is 2.05 bits per heavy atom. The summed E-state index contributed by atoms with van der Waals surface area (Å²) >= 11 is 0. The summed E-state index contributed by atoms with van der Waals surface area (Å²) in [5.74, 6) is 0.490. The lowest BCUT2D eigenvalue weighted by Crippen LogP contribution is -2.24. The van der Waals surface area contributed by atoms with Crippen LogP contribution in [0.5, 0.6) is 0 Å². The maximum Gasteiger partial charge on any atom is 0.260 e. The van der Waals surface area contributed by atoms with Gasteiger partial charge in [0.2, 0.25) is 0 Å². The number of benzene rings is 1. The van der Waals surface area contributed by atoms with Gasteiger partial charge in [0.15, 0.2) is 0 Å². The number of imidazole rings is 1. The first kappa shape index (κ1) is 11.5. The highest BCUT2D eigenvalue weighted by Crippen LogP contribution is 2.13. The van der Waals surface area contributed by atoms with Gasteiger partial charge in [-0.15, -0.1) is 0 Å². The second-order valence-electron chi connectivity index (χ2n) is 4.41. The van der Waals surface area contributed by atoms with Crippen LogP contribution in [-0.4, -0.2) is 14.1 Å². The van der Waals surface area contributed by atoms with Crippen LogP contribution in [0.25, 0.3) is 10.8 Å². The van der Waals surface area contributed by atoms with Crippen molar-refractivity contribution >= 4 is 16.6 Å². The Morgan fingerprint density at radius 3 is 2.84 bits per heavy atom. The van der Waals surface area contributed by atoms with E-state index in [9.17, 15) is 4.79 Å². The quantitative estimate of drug-likeness (QED) is 0.770. The summed E-state index contributed by atoms with van der Waals surface area (Å²) in [6.07, 6.45) is 5.30. The van der Waals surface area contributed by atoms with Crippen molar-refractivity contribution in [2.75, 3.05) is 5.73 Å². The first-order chi connectivity index (χ1) is 9.25. The first-order valence-corrected chi connectivity index (χ1v) is 6.09. The average molecular weight is 254 g/mol. The predicted molar refractivity (Wildman–Crippen MR) is 74.8 cm³/mol. The molecule has 0 fully saturated rings. The molecule has 5 heteroatoms. The third-order valence-electron chi connectivity index (χ3n) is 3.19. The molecule has 3 rings (SSSR count). The lowest BCUT2D eigenvalue weighted by atomic mass is 10.1. The normalized spacial score (nSPS) is 10.9. The van der Waals surface area contributed by atoms with Crippen LogP contribution in [0.15, 0.2) is 53.8 Å². The van der Waals surface area contributed by atoms with Crippen molar-refractivity contribution in [3.63, 3.8) is 0 Å². The predicted octanol–water partition coefficient (Wildman–Crippen LogP) is 1.48. The zero-order valence-corrected chi connectivity index (χ0v) is 10.4. The number of anilines is 1. The van der Waals surface area contributed by atoms with Crippen LogP contribution < -0.4 is 11.3 Å². The molecule has 0 aliphatic carbocycles. The van der Waals surface area contributed by atoms with E-state index in [1.165, 1.54) is 0 Å². The number of nitrogens with zero attached hydrogens (tertiary/aromatic N) is 3. The topological polar surface area (TPSA) is 65.8 Å². The number of fused-ring (bicyclic) bond motifs is 1. The van der Waals surface area contributed by atoms with Crippen molar-refractivity contribution in [1.29, 1.82) is 0 Å². The summed E-state index contributed by atoms with van der Waals surface area (Å²) in [7, 11) is 0. The van der Waals surface area contributed by atoms with Crippen LogP contribution >= 0.6 is 0 Å². The van der Waals surface area contributed by atoms with Gasteiger partial charge < -0.3 is 10.3 Å². The van der Waals surface area contributed by atoms with Crippen molar-refractivity contribution < 1.29 is 0 Å². The fourth-order valence-electron chi connectivity index (χ4n) is 2.18. The van der Waals surface area contributed by atoms with E-state index < -0.39 is 0 Å². The van der Waals surface area contributed by atoms with Gasteiger partial charge in [0.25, 0.3) is 5.56 Å². The molecule has 0 spiro atoms. The minimum absolute atomic E-state index is 0.0456. The highest BCUT2D eigenvalue weighted by Gasteiger charge is 2.06. The third-order valence-corrected chi connectivity index (χ3v) is 3.19. The molecule has 2 aromatic heterocycles. The lowest BCUT2D eigenvalue weighted by molar-refractivity contribution is 0.573. The molecule has 1 aromatic carbocycles. The average Bonchev–Trinajstić information content (AvgIpc) is 2.92. The Morgan fingerprint density at radius 1 is 1.21 bits per heavy atom. The van der Waals surface area contributed by atoms with E-state index in [4.69, 9.17) is 5.73 Å². The van der Waals surface area contributed by atoms with Crippen LogP contribution in [0.4, 0.5) is 5.82 Å². The minimum Gasteiger partial charge on any atom is -0.385 e. The smallest absolute Gasteiger partial charge is 0.260 e. The van der Waals surface area contributed by atoms with Gasteiger partial charge in [-0.05, 0) is 17.5 Å². The summed E-state index contributed by atoms with van der Waals surface area (Å²) in [4.78, 5) is 16.3. The van der Waals surface area contributed by atoms with Crippen molar-refractivity contribution in [2.45, 2.75) is 13.1 Å². The number of hydrogen-bond acceptors (Lipinski definition) is 3. The van der Waals surface area contributed by atoms with Gasteiger partial charge in [0, 0.05) is 30.9 Å². The van der Waals surface area contributed by atoms with Crippen LogP contribution in [-0.2, 0) is 13.1 Å². The molecule has 0 aliphatic heterocycles. The van der Waals surface area contributed by atoms with Crippen molar-refractivity contribution in [1.82, 2.24) is 14.1 Å². The van der Waals surface area contributed by atoms with Gasteiger partial charge >= 0.3 is 0 Å². The molecule has 3 aromatic rings. The second kappa shape index (κ2) is 4.61. The monoisotopic (exact) mass is 254 g/mol. The Balaban J connectivity index is 2.01. The molecule has 2 heterocycles. The molecule has 0 radical (unpaired) electrons. The van der Waals surface area contributed by atoms with E-state index in [0.29, 0.717) is 24.3 Å². The van der Waals surface area contributed by atoms with Crippen LogP contribution in [0.3, 0.4) is 0 Å². The molecule has 0 unspecified atom stereocenters. The number of nitrogen functional groups attached to an aromatic ring is 1. The molecule has 0 bridgehead atoms. The van der Waals surface area contributed by atoms with Gasteiger partial charge in [-0.25, -0.2) is 4.98 Å². The standard InChI is InChI=1S/C14H14N4O/c15-13-9-11-3-1-2-4-12(11)14(19)18(13)8-7-17-6-5-16-10-17/h1-6,9-10H,7-8,15H2. The highest BCUT2D eigenvalue weighted by atomic mass is 16.1. The fourth-order valence-corrected chi connectivity index (χ4v) is 2.18. The van der Waals surface area contributed by atoms with Crippen molar-refractivity contribution in [3.8, 4) is 0 Å². The molecular weight excluding hydrogens is 240 g/mol. The summed E-state index contributed by atoms with van der Waals surface area (Å²) in [5, 5.41) is 1.58. The maximum absolute atomic E-state index is 12.4. The van der Waals surface area contributed by atoms with E-state index in [-0.39, 0.29) is 5.56 Å². The fraction of sp³-hybridized carbons (Fsp3) is 0.143. The van der Waals surface area contributed by atoms with E-state index in [1.807, 2.05) is 41.1 Å². The summed E-state index contributed by atoms with van der Waals surface area (Å²) in [6.45, 7) is 1.20. The Labute approximate surface area is 109 Å². The van der Waals surface area contributed by atoms with E-state index in [1.54, 1.807) is 17.1 Å². The summed E-state index contributed by atoms with van der Waals surface area (Å²) in [6, 6.07) is 9.32. The van der Waals surface area contributed by atoms with Gasteiger partial charge in [-0.2, -0.15) is 0 Å². The van der Waals surface area contributed by atoms with Crippen molar-refractivity contribution in [2.24, 2.45) is 0 Å². The molecule has 0 saturated carbocycles. The van der Waals surface area contributed by atoms with E-state index >= 15 is 0 Å². The van der Waals surface area contributed by atoms with Gasteiger partial charge in [-0.1, -0.05) is 18.2 Å². The first-order valence-electron chi connectivity index (χ1n) is 6.09. The number of nitrogens with two attached hydrogens (primary N) is 1. The SMILES string of the molecule is Nc1cc2ccccc2c(=O)n1CCn1ccnc1. The lowest BCUT2D eigenvalue weighted by Gasteiger charge is -2.11. The molecule has 19 heavy (non-hydrogen) atoms. The molecule has 0 atom stereocenters. The van der Waals surface area contributed by atoms with E-state index in [2.05, 4.69) is 4.98 Å². The molecule has 2 N–H and O–H groups in total. The minimum atomic E-state index is -0.0456. The van der Waals surface area contributed by atoms with Crippen LogP contribution in [0.2, 0.25) is 0 Å². The number of aromatic nitrogens is 3. The Bertz CT molecular complexity index is 759. The van der Waals surface area contributed by atoms with E-state index in [0.717, 1.165) is 5.39 Å². The van der Waals surface area contributed by atoms with Crippen LogP contribution in [0, 0.1) is 0 Å². The zero-order valence-electron chi connectivity index (χ0n) is 10.4.